The van der Waals surface area contributed by atoms with Gasteiger partial charge < -0.3 is 15.1 Å². The molecule has 1 unspecified atom stereocenters. The molecule has 0 bridgehead atoms. The smallest absolute Gasteiger partial charge is 0.227 e. The van der Waals surface area contributed by atoms with Crippen LogP contribution in [-0.4, -0.2) is 27.5 Å². The lowest BCUT2D eigenvalue weighted by Gasteiger charge is -2.28. The van der Waals surface area contributed by atoms with Crippen LogP contribution in [0.1, 0.15) is 29.8 Å². The van der Waals surface area contributed by atoms with Gasteiger partial charge in [0, 0.05) is 40.2 Å². The fraction of sp³-hybridized carbons (Fsp3) is 0.0851. The third kappa shape index (κ3) is 5.75. The summed E-state index contributed by atoms with van der Waals surface area (Å²) in [6, 6.07) is 35.7. The number of allylic oxidation sites excluding steroid dienone is 8. The second kappa shape index (κ2) is 13.1. The largest absolute Gasteiger partial charge is 0.436 e. The van der Waals surface area contributed by atoms with Gasteiger partial charge in [0.1, 0.15) is 5.52 Å². The summed E-state index contributed by atoms with van der Waals surface area (Å²) in [6.07, 6.45) is 21.5. The Kier molecular flexibility index (Phi) is 7.64. The first-order valence-electron chi connectivity index (χ1n) is 18.2. The predicted octanol–water partition coefficient (Wildman–Crippen LogP) is 10.4. The number of dihydropyridines is 2. The highest BCUT2D eigenvalue weighted by Crippen LogP contribution is 2.39. The van der Waals surface area contributed by atoms with Gasteiger partial charge in [0.25, 0.3) is 0 Å². The van der Waals surface area contributed by atoms with Crippen LogP contribution >= 0.6 is 0 Å². The molecule has 2 N–H and O–H groups in total. The van der Waals surface area contributed by atoms with E-state index < -0.39 is 0 Å². The molecular weight excluding hydrogens is 651 g/mol. The van der Waals surface area contributed by atoms with E-state index in [9.17, 15) is 0 Å². The lowest BCUT2D eigenvalue weighted by molar-refractivity contribution is 0.620. The molecule has 0 spiro atoms. The lowest BCUT2D eigenvalue weighted by atomic mass is 9.93. The van der Waals surface area contributed by atoms with Crippen molar-refractivity contribution in [2.24, 2.45) is 0 Å². The molecule has 3 aromatic heterocycles. The van der Waals surface area contributed by atoms with Crippen LogP contribution in [0.15, 0.2) is 168 Å². The van der Waals surface area contributed by atoms with Crippen LogP contribution in [0.4, 0.5) is 0 Å². The molecule has 1 atom stereocenters. The molecule has 5 heterocycles. The van der Waals surface area contributed by atoms with E-state index >= 15 is 0 Å². The normalized spacial score (nSPS) is 16.9. The van der Waals surface area contributed by atoms with E-state index in [1.807, 2.05) is 60.8 Å². The maximum absolute atomic E-state index is 6.34. The van der Waals surface area contributed by atoms with Gasteiger partial charge in [0.2, 0.25) is 5.89 Å². The van der Waals surface area contributed by atoms with E-state index in [0.717, 1.165) is 108 Å². The molecule has 0 amide bonds. The molecule has 4 aromatic carbocycles. The van der Waals surface area contributed by atoms with Gasteiger partial charge >= 0.3 is 0 Å². The highest BCUT2D eigenvalue weighted by molar-refractivity contribution is 6.20. The molecule has 254 valence electrons. The summed E-state index contributed by atoms with van der Waals surface area (Å²) in [5.74, 6) is 0.619. The zero-order valence-corrected chi connectivity index (χ0v) is 29.0. The minimum Gasteiger partial charge on any atom is -0.436 e. The molecule has 2 aliphatic heterocycles. The summed E-state index contributed by atoms with van der Waals surface area (Å²) >= 11 is 0. The highest BCUT2D eigenvalue weighted by Gasteiger charge is 2.22. The summed E-state index contributed by atoms with van der Waals surface area (Å²) in [5.41, 5.74) is 13.2. The van der Waals surface area contributed by atoms with Crippen molar-refractivity contribution in [3.8, 4) is 22.6 Å². The van der Waals surface area contributed by atoms with Crippen molar-refractivity contribution in [3.63, 3.8) is 0 Å². The summed E-state index contributed by atoms with van der Waals surface area (Å²) in [5, 5.41) is 10.4. The summed E-state index contributed by atoms with van der Waals surface area (Å²) in [6.45, 7) is 0.814. The zero-order valence-electron chi connectivity index (χ0n) is 29.0. The van der Waals surface area contributed by atoms with Crippen LogP contribution in [0, 0.1) is 0 Å². The molecule has 0 radical (unpaired) electrons. The minimum atomic E-state index is 0.00120. The van der Waals surface area contributed by atoms with E-state index in [4.69, 9.17) is 14.4 Å². The highest BCUT2D eigenvalue weighted by atomic mass is 16.3. The van der Waals surface area contributed by atoms with Crippen molar-refractivity contribution in [2.75, 3.05) is 6.54 Å². The lowest BCUT2D eigenvalue weighted by Crippen LogP contribution is -2.37. The summed E-state index contributed by atoms with van der Waals surface area (Å²) < 4.78 is 6.34. The number of hydrogen-bond acceptors (Lipinski definition) is 6. The fourth-order valence-corrected chi connectivity index (χ4v) is 7.57. The van der Waals surface area contributed by atoms with Gasteiger partial charge in [0.15, 0.2) is 5.58 Å². The van der Waals surface area contributed by atoms with E-state index in [1.54, 1.807) is 0 Å². The van der Waals surface area contributed by atoms with E-state index in [2.05, 4.69) is 113 Å². The van der Waals surface area contributed by atoms with Crippen molar-refractivity contribution >= 4 is 49.6 Å². The molecule has 6 nitrogen and oxygen atoms in total. The minimum absolute atomic E-state index is 0.00120. The Morgan fingerprint density at radius 2 is 1.57 bits per heavy atom. The Labute approximate surface area is 307 Å². The molecule has 1 aliphatic carbocycles. The SMILES string of the molecule is C1=CCNC(C2C=C(c3ccc(-c4ccc5c(c4)nc(C4=CCCC=C4)c4ccc6oc(-c7ccccc7)nc6c45)cc3)C=C(c3ccccn3)N2)=C1. The number of hydrogen-bond donors (Lipinski definition) is 2. The molecular formula is C47H35N5O. The number of pyridine rings is 2. The van der Waals surface area contributed by atoms with Crippen LogP contribution in [-0.2, 0) is 0 Å². The third-order valence-electron chi connectivity index (χ3n) is 10.2. The number of nitrogens with zero attached hydrogens (tertiary/aromatic N) is 3. The topological polar surface area (TPSA) is 75.9 Å². The Hall–Kier alpha value is -6.79. The maximum Gasteiger partial charge on any atom is 0.227 e. The van der Waals surface area contributed by atoms with Crippen molar-refractivity contribution in [1.82, 2.24) is 25.6 Å². The van der Waals surface area contributed by atoms with Crippen LogP contribution in [0.2, 0.25) is 0 Å². The molecule has 0 fully saturated rings. The van der Waals surface area contributed by atoms with Gasteiger partial charge in [-0.15, -0.1) is 0 Å². The number of oxazole rings is 1. The second-order valence-electron chi connectivity index (χ2n) is 13.6. The summed E-state index contributed by atoms with van der Waals surface area (Å²) in [4.78, 5) is 15.1. The average molecular weight is 686 g/mol. The quantitative estimate of drug-likeness (QED) is 0.170. The number of fused-ring (bicyclic) bond motifs is 5. The number of rotatable bonds is 6. The fourth-order valence-electron chi connectivity index (χ4n) is 7.57. The van der Waals surface area contributed by atoms with Gasteiger partial charge in [-0.05, 0) is 101 Å². The Bertz CT molecular complexity index is 2730. The average Bonchev–Trinajstić information content (AvgIpc) is 3.69. The van der Waals surface area contributed by atoms with Crippen LogP contribution in [0.5, 0.6) is 0 Å². The van der Waals surface area contributed by atoms with Gasteiger partial charge in [-0.1, -0.05) is 91.0 Å². The number of aromatic nitrogens is 3. The van der Waals surface area contributed by atoms with Gasteiger partial charge in [0.05, 0.1) is 28.6 Å². The van der Waals surface area contributed by atoms with Crippen LogP contribution in [0.3, 0.4) is 0 Å². The molecule has 0 saturated heterocycles. The monoisotopic (exact) mass is 685 g/mol. The van der Waals surface area contributed by atoms with Crippen LogP contribution < -0.4 is 10.6 Å². The van der Waals surface area contributed by atoms with E-state index in [1.165, 1.54) is 0 Å². The Morgan fingerprint density at radius 3 is 2.38 bits per heavy atom. The number of benzene rings is 4. The Morgan fingerprint density at radius 1 is 0.717 bits per heavy atom. The molecule has 6 heteroatoms. The molecule has 0 saturated carbocycles. The zero-order chi connectivity index (χ0) is 35.1. The summed E-state index contributed by atoms with van der Waals surface area (Å²) in [7, 11) is 0. The predicted molar refractivity (Wildman–Crippen MR) is 216 cm³/mol. The first kappa shape index (κ1) is 31.0. The van der Waals surface area contributed by atoms with Gasteiger partial charge in [-0.2, -0.15) is 0 Å². The standard InChI is InChI=1S/C47H35N5O/c1-3-11-32(12-4-1)45-37-23-24-43-46(52-47(53-43)33-13-5-2-6-14-33)44(37)36-22-21-34(27-40(36)51-45)30-17-19-31(20-18-30)35-28-41(38-15-7-9-25-48-38)50-42(29-35)39-16-8-10-26-49-39/h2-3,5-25,27-29,42,49-50H,1,4,26H2. The number of nitrogens with one attached hydrogen (secondary N) is 2. The molecule has 3 aliphatic rings. The molecule has 10 rings (SSSR count). The van der Waals surface area contributed by atoms with Gasteiger partial charge in [-0.25, -0.2) is 9.97 Å². The second-order valence-corrected chi connectivity index (χ2v) is 13.6. The van der Waals surface area contributed by atoms with Crippen LogP contribution in [0.25, 0.3) is 72.2 Å². The first-order valence-corrected chi connectivity index (χ1v) is 18.2. The maximum atomic E-state index is 6.34. The van der Waals surface area contributed by atoms with Crippen molar-refractivity contribution in [3.05, 3.63) is 181 Å². The molecule has 7 aromatic rings. The van der Waals surface area contributed by atoms with Crippen molar-refractivity contribution in [1.29, 1.82) is 0 Å². The van der Waals surface area contributed by atoms with Crippen molar-refractivity contribution in [2.45, 2.75) is 18.9 Å². The Balaban J connectivity index is 1.07. The van der Waals surface area contributed by atoms with Crippen molar-refractivity contribution < 1.29 is 4.42 Å². The van der Waals surface area contributed by atoms with Gasteiger partial charge in [-0.3, -0.25) is 4.98 Å². The van der Waals surface area contributed by atoms with E-state index in [0.29, 0.717) is 5.89 Å². The first-order chi connectivity index (χ1) is 26.2. The third-order valence-corrected chi connectivity index (χ3v) is 10.2. The van der Waals surface area contributed by atoms with E-state index in [-0.39, 0.29) is 6.04 Å². The molecule has 53 heavy (non-hydrogen) atoms.